The van der Waals surface area contributed by atoms with Gasteiger partial charge in [-0.1, -0.05) is 6.58 Å². The fraction of sp³-hybridized carbons (Fsp3) is 0.105. The molecule has 5 nitrogen and oxygen atoms in total. The fourth-order valence-electron chi connectivity index (χ4n) is 2.45. The molecule has 0 spiro atoms. The first-order chi connectivity index (χ1) is 12.1. The Kier molecular flexibility index (Phi) is 4.70. The van der Waals surface area contributed by atoms with E-state index >= 15 is 0 Å². The number of aromatic nitrogens is 3. The van der Waals surface area contributed by atoms with Crippen LogP contribution in [-0.2, 0) is 18.4 Å². The molecule has 0 unspecified atom stereocenters. The van der Waals surface area contributed by atoms with Crippen molar-refractivity contribution < 1.29 is 9.18 Å². The standard InChI is InChI=1S/C19H17FN4O/c1-3-19(25)22-12-14-11-21-18(13-4-6-15(20)7-5-13)10-16(14)17-8-9-24(2)23-17/h3-11H,1,12H2,2H3,(H,22,25). The first kappa shape index (κ1) is 16.6. The molecule has 6 heteroatoms. The van der Waals surface area contributed by atoms with E-state index in [1.54, 1.807) is 23.0 Å². The summed E-state index contributed by atoms with van der Waals surface area (Å²) in [6, 6.07) is 9.94. The molecule has 1 N–H and O–H groups in total. The first-order valence-corrected chi connectivity index (χ1v) is 7.72. The molecule has 0 fully saturated rings. The third kappa shape index (κ3) is 3.80. The molecule has 3 aromatic rings. The molecule has 0 aliphatic rings. The van der Waals surface area contributed by atoms with Gasteiger partial charge in [-0.05, 0) is 48.0 Å². The van der Waals surface area contributed by atoms with Crippen LogP contribution >= 0.6 is 0 Å². The second-order valence-corrected chi connectivity index (χ2v) is 5.53. The number of hydrogen-bond donors (Lipinski definition) is 1. The van der Waals surface area contributed by atoms with Crippen molar-refractivity contribution in [3.8, 4) is 22.5 Å². The lowest BCUT2D eigenvalue weighted by Crippen LogP contribution is -2.20. The maximum Gasteiger partial charge on any atom is 0.243 e. The highest BCUT2D eigenvalue weighted by molar-refractivity contribution is 5.87. The zero-order valence-electron chi connectivity index (χ0n) is 13.7. The van der Waals surface area contributed by atoms with Gasteiger partial charge in [0.2, 0.25) is 5.91 Å². The van der Waals surface area contributed by atoms with Crippen molar-refractivity contribution in [2.75, 3.05) is 0 Å². The Balaban J connectivity index is 2.02. The highest BCUT2D eigenvalue weighted by Crippen LogP contribution is 2.27. The maximum absolute atomic E-state index is 13.1. The van der Waals surface area contributed by atoms with Crippen LogP contribution in [0.4, 0.5) is 4.39 Å². The third-order valence-corrected chi connectivity index (χ3v) is 3.75. The van der Waals surface area contributed by atoms with Gasteiger partial charge in [0.1, 0.15) is 5.82 Å². The van der Waals surface area contributed by atoms with Crippen molar-refractivity contribution in [3.63, 3.8) is 0 Å². The average Bonchev–Trinajstić information content (AvgIpc) is 3.06. The molecule has 0 aliphatic carbocycles. The molecule has 126 valence electrons. The second kappa shape index (κ2) is 7.09. The van der Waals surface area contributed by atoms with Crippen molar-refractivity contribution in [3.05, 3.63) is 72.8 Å². The largest absolute Gasteiger partial charge is 0.348 e. The molecular formula is C19H17FN4O. The van der Waals surface area contributed by atoms with Crippen LogP contribution < -0.4 is 5.32 Å². The quantitative estimate of drug-likeness (QED) is 0.729. The molecule has 0 aliphatic heterocycles. The number of pyridine rings is 1. The number of halogens is 1. The molecule has 1 amide bonds. The number of amides is 1. The Hall–Kier alpha value is -3.28. The lowest BCUT2D eigenvalue weighted by molar-refractivity contribution is -0.116. The summed E-state index contributed by atoms with van der Waals surface area (Å²) in [5, 5.41) is 7.18. The molecule has 2 aromatic heterocycles. The minimum Gasteiger partial charge on any atom is -0.348 e. The Bertz CT molecular complexity index is 915. The van der Waals surface area contributed by atoms with Crippen molar-refractivity contribution in [1.29, 1.82) is 0 Å². The minimum atomic E-state index is -0.294. The van der Waals surface area contributed by atoms with Crippen LogP contribution in [0.25, 0.3) is 22.5 Å². The molecule has 3 rings (SSSR count). The van der Waals surface area contributed by atoms with Gasteiger partial charge in [-0.25, -0.2) is 4.39 Å². The van der Waals surface area contributed by atoms with E-state index in [1.807, 2.05) is 25.4 Å². The SMILES string of the molecule is C=CC(=O)NCc1cnc(-c2ccc(F)cc2)cc1-c1ccn(C)n1. The molecule has 2 heterocycles. The summed E-state index contributed by atoms with van der Waals surface area (Å²) in [6.45, 7) is 3.76. The molecule has 0 atom stereocenters. The van der Waals surface area contributed by atoms with E-state index in [0.717, 1.165) is 22.4 Å². The van der Waals surface area contributed by atoms with Gasteiger partial charge in [-0.3, -0.25) is 14.5 Å². The summed E-state index contributed by atoms with van der Waals surface area (Å²) in [6.07, 6.45) is 4.77. The molecule has 0 radical (unpaired) electrons. The molecular weight excluding hydrogens is 319 g/mol. The van der Waals surface area contributed by atoms with Crippen molar-refractivity contribution in [2.24, 2.45) is 7.05 Å². The van der Waals surface area contributed by atoms with Crippen molar-refractivity contribution in [2.45, 2.75) is 6.54 Å². The fourth-order valence-corrected chi connectivity index (χ4v) is 2.45. The molecule has 0 bridgehead atoms. The third-order valence-electron chi connectivity index (χ3n) is 3.75. The number of hydrogen-bond acceptors (Lipinski definition) is 3. The Morgan fingerprint density at radius 2 is 2.04 bits per heavy atom. The second-order valence-electron chi connectivity index (χ2n) is 5.53. The number of carbonyl (C=O) groups excluding carboxylic acids is 1. The number of benzene rings is 1. The van der Waals surface area contributed by atoms with E-state index in [1.165, 1.54) is 18.2 Å². The van der Waals surface area contributed by atoms with Crippen LogP contribution in [0.2, 0.25) is 0 Å². The summed E-state index contributed by atoms with van der Waals surface area (Å²) in [7, 11) is 1.84. The summed E-state index contributed by atoms with van der Waals surface area (Å²) in [4.78, 5) is 15.9. The number of nitrogens with one attached hydrogen (secondary N) is 1. The predicted octanol–water partition coefficient (Wildman–Crippen LogP) is 3.09. The summed E-state index contributed by atoms with van der Waals surface area (Å²) >= 11 is 0. The highest BCUT2D eigenvalue weighted by Gasteiger charge is 2.12. The highest BCUT2D eigenvalue weighted by atomic mass is 19.1. The number of aryl methyl sites for hydroxylation is 1. The van der Waals surface area contributed by atoms with E-state index in [2.05, 4.69) is 22.0 Å². The molecule has 0 saturated heterocycles. The smallest absolute Gasteiger partial charge is 0.243 e. The van der Waals surface area contributed by atoms with E-state index in [0.29, 0.717) is 12.2 Å². The number of nitrogens with zero attached hydrogens (tertiary/aromatic N) is 3. The monoisotopic (exact) mass is 336 g/mol. The van der Waals surface area contributed by atoms with Gasteiger partial charge in [-0.15, -0.1) is 0 Å². The van der Waals surface area contributed by atoms with Gasteiger partial charge >= 0.3 is 0 Å². The van der Waals surface area contributed by atoms with Gasteiger partial charge in [-0.2, -0.15) is 5.10 Å². The predicted molar refractivity (Wildman–Crippen MR) is 93.9 cm³/mol. The van der Waals surface area contributed by atoms with Gasteiger partial charge in [0, 0.05) is 37.1 Å². The van der Waals surface area contributed by atoms with Gasteiger partial charge in [0.15, 0.2) is 0 Å². The maximum atomic E-state index is 13.1. The van der Waals surface area contributed by atoms with E-state index in [4.69, 9.17) is 0 Å². The summed E-state index contributed by atoms with van der Waals surface area (Å²) < 4.78 is 14.8. The average molecular weight is 336 g/mol. The number of carbonyl (C=O) groups is 1. The van der Waals surface area contributed by atoms with Gasteiger partial charge in [0.25, 0.3) is 0 Å². The topological polar surface area (TPSA) is 59.8 Å². The van der Waals surface area contributed by atoms with Crippen LogP contribution in [0.1, 0.15) is 5.56 Å². The number of rotatable bonds is 5. The van der Waals surface area contributed by atoms with Gasteiger partial charge in [0.05, 0.1) is 11.4 Å². The molecule has 0 saturated carbocycles. The lowest BCUT2D eigenvalue weighted by Gasteiger charge is -2.10. The van der Waals surface area contributed by atoms with Crippen LogP contribution in [-0.4, -0.2) is 20.7 Å². The van der Waals surface area contributed by atoms with Crippen LogP contribution in [0.15, 0.2) is 61.4 Å². The molecule has 1 aromatic carbocycles. The van der Waals surface area contributed by atoms with E-state index < -0.39 is 0 Å². The minimum absolute atomic E-state index is 0.255. The Morgan fingerprint density at radius 1 is 1.28 bits per heavy atom. The first-order valence-electron chi connectivity index (χ1n) is 7.72. The normalized spacial score (nSPS) is 10.5. The Morgan fingerprint density at radius 3 is 2.68 bits per heavy atom. The van der Waals surface area contributed by atoms with Crippen LogP contribution in [0, 0.1) is 5.82 Å². The van der Waals surface area contributed by atoms with Crippen LogP contribution in [0.3, 0.4) is 0 Å². The summed E-state index contributed by atoms with van der Waals surface area (Å²) in [5.74, 6) is -0.549. The molecule has 25 heavy (non-hydrogen) atoms. The van der Waals surface area contributed by atoms with E-state index in [-0.39, 0.29) is 11.7 Å². The van der Waals surface area contributed by atoms with Crippen LogP contribution in [0.5, 0.6) is 0 Å². The van der Waals surface area contributed by atoms with Gasteiger partial charge < -0.3 is 5.32 Å². The zero-order valence-corrected chi connectivity index (χ0v) is 13.7. The van der Waals surface area contributed by atoms with Crippen molar-refractivity contribution >= 4 is 5.91 Å². The summed E-state index contributed by atoms with van der Waals surface area (Å²) in [5.41, 5.74) is 3.98. The zero-order chi connectivity index (χ0) is 17.8. The lowest BCUT2D eigenvalue weighted by atomic mass is 10.0. The van der Waals surface area contributed by atoms with E-state index in [9.17, 15) is 9.18 Å². The van der Waals surface area contributed by atoms with Crippen molar-refractivity contribution in [1.82, 2.24) is 20.1 Å². The Labute approximate surface area is 144 Å².